The topological polar surface area (TPSA) is 182 Å². The van der Waals surface area contributed by atoms with Crippen molar-refractivity contribution in [2.75, 3.05) is 13.2 Å². The van der Waals surface area contributed by atoms with Crippen LogP contribution in [0.25, 0.3) is 10.9 Å². The standard InChI is InChI=1S/C41H53F2N5O9S/c1-24-32-27(28-19-26(56-36(42)43)13-14-29(28)44-24)15-16-40(57-32)21-31-33(49)46-41(35(51)47-58(53,54)39(5)17-18-39)20-25(41)11-9-7-6-8-10-12-30(34(50)48(31)22-40)45-37(52)55-23-38(2,3)4/h9,11,13-14,19,25,30-31,36H,6-8,10,12,15-18,20-23H2,1-5H3,(H,45,52)(H,46,49)(H,47,51)/b11-9-/t25-,30+,31+,40-,41-/m1/s1. The molecule has 4 heterocycles. The molecule has 2 saturated carbocycles. The molecule has 1 aromatic carbocycles. The van der Waals surface area contributed by atoms with Crippen molar-refractivity contribution in [3.05, 3.63) is 41.6 Å². The van der Waals surface area contributed by atoms with Crippen molar-refractivity contribution < 1.29 is 50.6 Å². The van der Waals surface area contributed by atoms with Crippen LogP contribution in [0.4, 0.5) is 13.6 Å². The lowest BCUT2D eigenvalue weighted by atomic mass is 9.87. The molecule has 3 N–H and O–H groups in total. The number of rotatable bonds is 7. The van der Waals surface area contributed by atoms with Crippen molar-refractivity contribution in [2.24, 2.45) is 11.3 Å². The summed E-state index contributed by atoms with van der Waals surface area (Å²) in [5.74, 6) is -2.11. The van der Waals surface area contributed by atoms with Gasteiger partial charge in [0.25, 0.3) is 5.91 Å². The van der Waals surface area contributed by atoms with Gasteiger partial charge in [0.2, 0.25) is 21.8 Å². The molecule has 58 heavy (non-hydrogen) atoms. The number of carbonyl (C=O) groups excluding carboxylic acids is 4. The number of fused-ring (bicyclic) bond motifs is 5. The lowest BCUT2D eigenvalue weighted by molar-refractivity contribution is -0.141. The average Bonchev–Trinajstić information content (AvgIpc) is 4.04. The van der Waals surface area contributed by atoms with Gasteiger partial charge in [0.15, 0.2) is 0 Å². The summed E-state index contributed by atoms with van der Waals surface area (Å²) in [5, 5.41) is 6.23. The van der Waals surface area contributed by atoms with Gasteiger partial charge >= 0.3 is 12.7 Å². The first-order chi connectivity index (χ1) is 27.2. The zero-order valence-corrected chi connectivity index (χ0v) is 34.4. The Morgan fingerprint density at radius 2 is 1.88 bits per heavy atom. The summed E-state index contributed by atoms with van der Waals surface area (Å²) in [6, 6.07) is 2.28. The Hall–Kier alpha value is -4.54. The number of benzene rings is 1. The lowest BCUT2D eigenvalue weighted by Gasteiger charge is -2.36. The largest absolute Gasteiger partial charge is 0.483 e. The third kappa shape index (κ3) is 8.46. The molecule has 5 aliphatic rings. The molecule has 0 unspecified atom stereocenters. The van der Waals surface area contributed by atoms with Gasteiger partial charge in [0.05, 0.1) is 29.1 Å². The van der Waals surface area contributed by atoms with E-state index in [1.54, 1.807) is 19.9 Å². The van der Waals surface area contributed by atoms with Crippen LogP contribution in [0.2, 0.25) is 0 Å². The van der Waals surface area contributed by atoms with E-state index in [4.69, 9.17) is 9.47 Å². The molecule has 316 valence electrons. The van der Waals surface area contributed by atoms with Crippen LogP contribution < -0.4 is 24.8 Å². The zero-order chi connectivity index (χ0) is 41.8. The van der Waals surface area contributed by atoms with Gasteiger partial charge in [-0.3, -0.25) is 19.1 Å². The van der Waals surface area contributed by atoms with Crippen molar-refractivity contribution in [1.29, 1.82) is 0 Å². The Bertz CT molecular complexity index is 2140. The van der Waals surface area contributed by atoms with Crippen LogP contribution in [0.1, 0.15) is 103 Å². The van der Waals surface area contributed by atoms with Gasteiger partial charge in [-0.15, -0.1) is 0 Å². The summed E-state index contributed by atoms with van der Waals surface area (Å²) in [7, 11) is -4.03. The van der Waals surface area contributed by atoms with Gasteiger partial charge < -0.3 is 29.7 Å². The number of aromatic nitrogens is 1. The van der Waals surface area contributed by atoms with Crippen molar-refractivity contribution in [2.45, 2.75) is 140 Å². The molecule has 3 aliphatic heterocycles. The number of hydrogen-bond donors (Lipinski definition) is 3. The minimum atomic E-state index is -4.03. The molecule has 1 aromatic heterocycles. The van der Waals surface area contributed by atoms with E-state index in [1.807, 2.05) is 32.9 Å². The molecule has 4 amide bonds. The molecule has 3 fully saturated rings. The van der Waals surface area contributed by atoms with Crippen LogP contribution in [0, 0.1) is 18.3 Å². The highest BCUT2D eigenvalue weighted by molar-refractivity contribution is 7.91. The van der Waals surface area contributed by atoms with Gasteiger partial charge in [-0.25, -0.2) is 18.2 Å². The van der Waals surface area contributed by atoms with Crippen LogP contribution in [0.3, 0.4) is 0 Å². The van der Waals surface area contributed by atoms with Crippen LogP contribution in [0.15, 0.2) is 30.4 Å². The Labute approximate surface area is 337 Å². The first kappa shape index (κ1) is 41.6. The van der Waals surface area contributed by atoms with E-state index in [-0.39, 0.29) is 43.6 Å². The van der Waals surface area contributed by atoms with E-state index < -0.39 is 74.3 Å². The summed E-state index contributed by atoms with van der Waals surface area (Å²) in [4.78, 5) is 62.6. The maximum atomic E-state index is 14.8. The van der Waals surface area contributed by atoms with E-state index in [1.165, 1.54) is 17.0 Å². The average molecular weight is 830 g/mol. The third-order valence-corrected chi connectivity index (χ3v) is 14.3. The number of nitrogens with zero attached hydrogens (tertiary/aromatic N) is 2. The van der Waals surface area contributed by atoms with Gasteiger partial charge in [0, 0.05) is 23.3 Å². The van der Waals surface area contributed by atoms with Gasteiger partial charge in [0.1, 0.15) is 34.7 Å². The highest BCUT2D eigenvalue weighted by atomic mass is 32.2. The smallest absolute Gasteiger partial charge is 0.407 e. The fourth-order valence-electron chi connectivity index (χ4n) is 8.31. The van der Waals surface area contributed by atoms with Gasteiger partial charge in [-0.1, -0.05) is 45.8 Å². The Kier molecular flexibility index (Phi) is 10.9. The second-order valence-corrected chi connectivity index (χ2v) is 20.3. The summed E-state index contributed by atoms with van der Waals surface area (Å²) in [6.45, 7) is 6.10. The number of nitrogens with one attached hydrogen (secondary N) is 3. The van der Waals surface area contributed by atoms with Gasteiger partial charge in [-0.05, 0) is 88.8 Å². The Morgan fingerprint density at radius 3 is 2.59 bits per heavy atom. The normalized spacial score (nSPS) is 28.8. The predicted molar refractivity (Wildman–Crippen MR) is 209 cm³/mol. The van der Waals surface area contributed by atoms with Crippen LogP contribution >= 0.6 is 0 Å². The monoisotopic (exact) mass is 829 g/mol. The summed E-state index contributed by atoms with van der Waals surface area (Å²) in [5.41, 5.74) is -1.20. The molecule has 1 spiro atoms. The molecule has 1 saturated heterocycles. The number of halogens is 2. The first-order valence-corrected chi connectivity index (χ1v) is 21.6. The highest BCUT2D eigenvalue weighted by Crippen LogP contribution is 2.49. The maximum absolute atomic E-state index is 14.8. The van der Waals surface area contributed by atoms with Crippen molar-refractivity contribution in [3.8, 4) is 11.5 Å². The zero-order valence-electron chi connectivity index (χ0n) is 33.6. The molecule has 0 bridgehead atoms. The number of sulfonamides is 1. The summed E-state index contributed by atoms with van der Waals surface area (Å²) in [6.07, 6.45) is 7.75. The van der Waals surface area contributed by atoms with Crippen LogP contribution in [-0.2, 0) is 35.6 Å². The minimum absolute atomic E-state index is 0.00574. The lowest BCUT2D eigenvalue weighted by Crippen LogP contribution is -2.58. The molecule has 17 heteroatoms. The number of pyridine rings is 1. The molecule has 5 atom stereocenters. The van der Waals surface area contributed by atoms with E-state index in [0.29, 0.717) is 60.9 Å². The van der Waals surface area contributed by atoms with E-state index in [9.17, 15) is 36.4 Å². The second kappa shape index (κ2) is 15.2. The maximum Gasteiger partial charge on any atom is 0.407 e. The number of amides is 4. The fourth-order valence-corrected chi connectivity index (χ4v) is 9.62. The molecule has 2 aromatic rings. The van der Waals surface area contributed by atoms with E-state index in [0.717, 1.165) is 18.4 Å². The number of alkyl halides is 2. The van der Waals surface area contributed by atoms with Gasteiger partial charge in [-0.2, -0.15) is 8.78 Å². The van der Waals surface area contributed by atoms with E-state index in [2.05, 4.69) is 25.1 Å². The van der Waals surface area contributed by atoms with Crippen molar-refractivity contribution in [1.82, 2.24) is 25.2 Å². The minimum Gasteiger partial charge on any atom is -0.483 e. The SMILES string of the molecule is Cc1nc2ccc(OC(F)F)cc2c2c1O[C@]1(CC2)C[C@H]2C(=O)N[C@]3(C(=O)NS(=O)(=O)C4(C)CC4)C[C@H]3/C=C\CCCCC[C@H](NC(=O)OCC(C)(C)C)C(=O)N2C1. The molecule has 14 nitrogen and oxygen atoms in total. The molecule has 0 radical (unpaired) electrons. The fraction of sp³-hybridized carbons (Fsp3) is 0.634. The van der Waals surface area contributed by atoms with Crippen LogP contribution in [0.5, 0.6) is 11.5 Å². The molecular formula is C41H53F2N5O9S. The molecular weight excluding hydrogens is 777 g/mol. The Morgan fingerprint density at radius 1 is 1.12 bits per heavy atom. The second-order valence-electron chi connectivity index (χ2n) is 18.1. The van der Waals surface area contributed by atoms with Crippen molar-refractivity contribution >= 4 is 44.7 Å². The van der Waals surface area contributed by atoms with E-state index >= 15 is 0 Å². The van der Waals surface area contributed by atoms with Crippen molar-refractivity contribution in [3.63, 3.8) is 0 Å². The quantitative estimate of drug-likeness (QED) is 0.308. The predicted octanol–water partition coefficient (Wildman–Crippen LogP) is 5.34. The Balaban J connectivity index is 1.23. The number of aryl methyl sites for hydroxylation is 2. The number of carbonyl (C=O) groups is 4. The van der Waals surface area contributed by atoms with Crippen LogP contribution in [-0.4, -0.2) is 89.9 Å². The molecule has 2 aliphatic carbocycles. The summed E-state index contributed by atoms with van der Waals surface area (Å²) < 4.78 is 70.8. The first-order valence-electron chi connectivity index (χ1n) is 20.1. The third-order valence-electron chi connectivity index (χ3n) is 12.1. The molecule has 7 rings (SSSR count). The summed E-state index contributed by atoms with van der Waals surface area (Å²) >= 11 is 0. The number of allylic oxidation sites excluding steroid dienone is 1. The number of alkyl carbamates (subject to hydrolysis) is 1. The highest BCUT2D eigenvalue weighted by Gasteiger charge is 2.64. The number of ether oxygens (including phenoxy) is 3. The number of hydrogen-bond acceptors (Lipinski definition) is 10.